The molecule has 1 N–H and O–H groups in total. The molecule has 1 saturated heterocycles. The number of hydrogen-bond donors (Lipinski definition) is 1. The van der Waals surface area contributed by atoms with Gasteiger partial charge in [-0.25, -0.2) is 0 Å². The molecule has 1 aliphatic heterocycles. The van der Waals surface area contributed by atoms with Crippen LogP contribution in [0.2, 0.25) is 0 Å². The van der Waals surface area contributed by atoms with Crippen LogP contribution in [0.4, 0.5) is 0 Å². The SMILES string of the molecule is COCC1(C(=O)N2CCN(Cc3ccco3)C[C@@H](O)C2)CC1. The van der Waals surface area contributed by atoms with Crippen molar-refractivity contribution in [2.75, 3.05) is 39.9 Å². The van der Waals surface area contributed by atoms with Crippen molar-refractivity contribution in [2.45, 2.75) is 25.5 Å². The summed E-state index contributed by atoms with van der Waals surface area (Å²) in [4.78, 5) is 16.6. The van der Waals surface area contributed by atoms with Gasteiger partial charge in [0.05, 0.1) is 30.9 Å². The molecule has 0 unspecified atom stereocenters. The average molecular weight is 308 g/mol. The quantitative estimate of drug-likeness (QED) is 0.868. The zero-order chi connectivity index (χ0) is 15.6. The highest BCUT2D eigenvalue weighted by Gasteiger charge is 2.52. The minimum absolute atomic E-state index is 0.133. The number of methoxy groups -OCH3 is 1. The first kappa shape index (κ1) is 15.5. The molecule has 1 atom stereocenters. The van der Waals surface area contributed by atoms with Crippen molar-refractivity contribution in [2.24, 2.45) is 5.41 Å². The van der Waals surface area contributed by atoms with E-state index in [-0.39, 0.29) is 11.3 Å². The smallest absolute Gasteiger partial charge is 0.231 e. The molecule has 22 heavy (non-hydrogen) atoms. The Morgan fingerprint density at radius 3 is 2.91 bits per heavy atom. The fraction of sp³-hybridized carbons (Fsp3) is 0.688. The molecular formula is C16H24N2O4. The number of rotatable bonds is 5. The summed E-state index contributed by atoms with van der Waals surface area (Å²) in [5.74, 6) is 1.01. The standard InChI is InChI=1S/C16H24N2O4/c1-21-12-16(4-5-16)15(20)18-7-6-17(9-13(19)10-18)11-14-3-2-8-22-14/h2-3,8,13,19H,4-7,9-12H2,1H3/t13-/m1/s1. The minimum atomic E-state index is -0.528. The van der Waals surface area contributed by atoms with Crippen molar-refractivity contribution in [3.63, 3.8) is 0 Å². The maximum absolute atomic E-state index is 12.7. The van der Waals surface area contributed by atoms with Crippen molar-refractivity contribution in [3.8, 4) is 0 Å². The molecule has 2 heterocycles. The number of amides is 1. The van der Waals surface area contributed by atoms with E-state index in [4.69, 9.17) is 9.15 Å². The zero-order valence-electron chi connectivity index (χ0n) is 13.0. The van der Waals surface area contributed by atoms with Crippen LogP contribution in [0.3, 0.4) is 0 Å². The Morgan fingerprint density at radius 1 is 1.45 bits per heavy atom. The zero-order valence-corrected chi connectivity index (χ0v) is 13.0. The topological polar surface area (TPSA) is 66.2 Å². The molecular weight excluding hydrogens is 284 g/mol. The molecule has 122 valence electrons. The molecule has 1 aromatic heterocycles. The van der Waals surface area contributed by atoms with Gasteiger partial charge in [0.2, 0.25) is 5.91 Å². The first-order valence-electron chi connectivity index (χ1n) is 7.84. The number of hydrogen-bond acceptors (Lipinski definition) is 5. The lowest BCUT2D eigenvalue weighted by Crippen LogP contribution is -2.43. The molecule has 1 saturated carbocycles. The molecule has 1 aromatic rings. The molecule has 2 fully saturated rings. The number of carbonyl (C=O) groups excluding carboxylic acids is 1. The van der Waals surface area contributed by atoms with Crippen LogP contribution in [0.25, 0.3) is 0 Å². The average Bonchev–Trinajstić information content (AvgIpc) is 3.14. The molecule has 0 bridgehead atoms. The first-order valence-corrected chi connectivity index (χ1v) is 7.84. The summed E-state index contributed by atoms with van der Waals surface area (Å²) in [6.45, 7) is 3.49. The molecule has 6 nitrogen and oxygen atoms in total. The number of β-amino-alcohol motifs (C(OH)–C–C–N with tert-alkyl or cyclic N) is 1. The fourth-order valence-electron chi connectivity index (χ4n) is 3.19. The number of aliphatic hydroxyl groups excluding tert-OH is 1. The second-order valence-corrected chi connectivity index (χ2v) is 6.43. The summed E-state index contributed by atoms with van der Waals surface area (Å²) in [5.41, 5.74) is -0.329. The molecule has 0 spiro atoms. The molecule has 3 rings (SSSR count). The van der Waals surface area contributed by atoms with Crippen molar-refractivity contribution >= 4 is 5.91 Å². The van der Waals surface area contributed by atoms with Gasteiger partial charge in [-0.1, -0.05) is 0 Å². The van der Waals surface area contributed by atoms with Gasteiger partial charge in [0.1, 0.15) is 5.76 Å². The number of furan rings is 1. The summed E-state index contributed by atoms with van der Waals surface area (Å²) in [5, 5.41) is 10.2. The number of ether oxygens (including phenoxy) is 1. The van der Waals surface area contributed by atoms with Crippen LogP contribution in [0.5, 0.6) is 0 Å². The largest absolute Gasteiger partial charge is 0.468 e. The second kappa shape index (κ2) is 6.40. The lowest BCUT2D eigenvalue weighted by atomic mass is 10.1. The van der Waals surface area contributed by atoms with Gasteiger partial charge < -0.3 is 19.2 Å². The van der Waals surface area contributed by atoms with Crippen LogP contribution in [0.1, 0.15) is 18.6 Å². The Morgan fingerprint density at radius 2 is 2.27 bits per heavy atom. The summed E-state index contributed by atoms with van der Waals surface area (Å²) in [6.07, 6.45) is 2.91. The van der Waals surface area contributed by atoms with Crippen molar-refractivity contribution in [1.29, 1.82) is 0 Å². The van der Waals surface area contributed by atoms with E-state index >= 15 is 0 Å². The van der Waals surface area contributed by atoms with Gasteiger partial charge in [0.15, 0.2) is 0 Å². The van der Waals surface area contributed by atoms with Gasteiger partial charge in [-0.15, -0.1) is 0 Å². The van der Waals surface area contributed by atoms with E-state index in [2.05, 4.69) is 4.90 Å². The van der Waals surface area contributed by atoms with Crippen molar-refractivity contribution in [3.05, 3.63) is 24.2 Å². The predicted molar refractivity (Wildman–Crippen MR) is 80.1 cm³/mol. The van der Waals surface area contributed by atoms with Crippen molar-refractivity contribution < 1.29 is 19.1 Å². The highest BCUT2D eigenvalue weighted by molar-refractivity contribution is 5.85. The third-order valence-electron chi connectivity index (χ3n) is 4.56. The Hall–Kier alpha value is -1.37. The summed E-state index contributed by atoms with van der Waals surface area (Å²) in [6, 6.07) is 3.79. The fourth-order valence-corrected chi connectivity index (χ4v) is 3.19. The number of aliphatic hydroxyl groups is 1. The molecule has 0 radical (unpaired) electrons. The van der Waals surface area contributed by atoms with E-state index in [9.17, 15) is 9.90 Å². The molecule has 1 aliphatic carbocycles. The van der Waals surface area contributed by atoms with Gasteiger partial charge >= 0.3 is 0 Å². The van der Waals surface area contributed by atoms with Crippen molar-refractivity contribution in [1.82, 2.24) is 9.80 Å². The van der Waals surface area contributed by atoms with Crippen LogP contribution >= 0.6 is 0 Å². The van der Waals surface area contributed by atoms with Gasteiger partial charge in [-0.05, 0) is 25.0 Å². The first-order chi connectivity index (χ1) is 10.6. The second-order valence-electron chi connectivity index (χ2n) is 6.43. The Labute approximate surface area is 130 Å². The maximum atomic E-state index is 12.7. The molecule has 2 aliphatic rings. The lowest BCUT2D eigenvalue weighted by Gasteiger charge is -2.26. The summed E-state index contributed by atoms with van der Waals surface area (Å²) in [7, 11) is 1.63. The van der Waals surface area contributed by atoms with Crippen LogP contribution < -0.4 is 0 Å². The monoisotopic (exact) mass is 308 g/mol. The minimum Gasteiger partial charge on any atom is -0.468 e. The summed E-state index contributed by atoms with van der Waals surface area (Å²) < 4.78 is 10.6. The third-order valence-corrected chi connectivity index (χ3v) is 4.56. The predicted octanol–water partition coefficient (Wildman–Crippen LogP) is 0.711. The van der Waals surface area contributed by atoms with Gasteiger partial charge in [0.25, 0.3) is 0 Å². The van der Waals surface area contributed by atoms with Gasteiger partial charge in [-0.3, -0.25) is 9.69 Å². The van der Waals surface area contributed by atoms with Gasteiger partial charge in [-0.2, -0.15) is 0 Å². The molecule has 0 aromatic carbocycles. The van der Waals surface area contributed by atoms with Crippen LogP contribution in [0, 0.1) is 5.41 Å². The lowest BCUT2D eigenvalue weighted by molar-refractivity contribution is -0.140. The number of nitrogens with zero attached hydrogens (tertiary/aromatic N) is 2. The van der Waals surface area contributed by atoms with E-state index in [0.717, 1.165) is 25.1 Å². The molecule has 1 amide bonds. The van der Waals surface area contributed by atoms with Crippen LogP contribution in [0.15, 0.2) is 22.8 Å². The van der Waals surface area contributed by atoms with E-state index in [0.29, 0.717) is 32.8 Å². The van der Waals surface area contributed by atoms with Crippen LogP contribution in [-0.2, 0) is 16.1 Å². The van der Waals surface area contributed by atoms with Gasteiger partial charge in [0, 0.05) is 33.3 Å². The third kappa shape index (κ3) is 3.34. The van der Waals surface area contributed by atoms with E-state index in [1.165, 1.54) is 0 Å². The van der Waals surface area contributed by atoms with Crippen LogP contribution in [-0.4, -0.2) is 66.8 Å². The highest BCUT2D eigenvalue weighted by atomic mass is 16.5. The molecule has 6 heteroatoms. The Balaban J connectivity index is 1.60. The van der Waals surface area contributed by atoms with E-state index < -0.39 is 6.10 Å². The Kier molecular flexibility index (Phi) is 4.52. The highest BCUT2D eigenvalue weighted by Crippen LogP contribution is 2.47. The maximum Gasteiger partial charge on any atom is 0.231 e. The van der Waals surface area contributed by atoms with E-state index in [1.807, 2.05) is 12.1 Å². The normalized spacial score (nSPS) is 25.0. The Bertz CT molecular complexity index is 498. The number of carbonyl (C=O) groups is 1. The summed E-state index contributed by atoms with van der Waals surface area (Å²) >= 11 is 0. The van der Waals surface area contributed by atoms with E-state index in [1.54, 1.807) is 18.3 Å².